The van der Waals surface area contributed by atoms with Crippen LogP contribution < -0.4 is 5.32 Å². The van der Waals surface area contributed by atoms with Crippen LogP contribution in [0, 0.1) is 11.3 Å². The Morgan fingerprint density at radius 3 is 2.70 bits per heavy atom. The third-order valence-electron chi connectivity index (χ3n) is 5.01. The van der Waals surface area contributed by atoms with E-state index in [2.05, 4.69) is 5.32 Å². The molecule has 4 atom stereocenters. The van der Waals surface area contributed by atoms with Crippen molar-refractivity contribution in [2.45, 2.75) is 45.3 Å². The summed E-state index contributed by atoms with van der Waals surface area (Å²) in [5.41, 5.74) is -0.715. The number of ether oxygens (including phenoxy) is 1. The van der Waals surface area contributed by atoms with E-state index in [1.807, 2.05) is 13.8 Å². The Hall–Kier alpha value is -1.30. The molecule has 2 aliphatic rings. The quantitative estimate of drug-likeness (QED) is 0.815. The summed E-state index contributed by atoms with van der Waals surface area (Å²) in [5.74, 6) is -0.658. The van der Waals surface area contributed by atoms with Gasteiger partial charge in [-0.3, -0.25) is 4.79 Å². The third-order valence-corrected chi connectivity index (χ3v) is 5.01. The van der Waals surface area contributed by atoms with E-state index < -0.39 is 11.4 Å². The molecular weight excluding hydrogens is 260 g/mol. The van der Waals surface area contributed by atoms with E-state index in [-0.39, 0.29) is 24.1 Å². The molecule has 0 spiro atoms. The molecule has 2 amide bonds. The van der Waals surface area contributed by atoms with E-state index >= 15 is 0 Å². The zero-order valence-electron chi connectivity index (χ0n) is 12.4. The molecule has 2 rings (SSSR count). The number of rotatable bonds is 4. The van der Waals surface area contributed by atoms with Gasteiger partial charge in [0.05, 0.1) is 17.6 Å². The Morgan fingerprint density at radius 2 is 2.15 bits per heavy atom. The molecule has 1 saturated carbocycles. The number of carbonyl (C=O) groups is 2. The molecule has 1 aliphatic carbocycles. The van der Waals surface area contributed by atoms with Crippen molar-refractivity contribution in [3.05, 3.63) is 0 Å². The standard InChI is InChI=1S/C14H24N2O4/c1-9(10(2)20-3)15-13(19)16-7-11-5-4-6-14(11,8-16)12(17)18/h9-11H,4-8H2,1-3H3,(H,15,19)(H,17,18)/t9-,10?,11+,14-/m1/s1. The highest BCUT2D eigenvalue weighted by Gasteiger charge is 2.55. The monoisotopic (exact) mass is 284 g/mol. The number of nitrogens with zero attached hydrogens (tertiary/aromatic N) is 1. The molecule has 0 aromatic rings. The average Bonchev–Trinajstić information content (AvgIpc) is 2.94. The van der Waals surface area contributed by atoms with E-state index in [0.29, 0.717) is 19.5 Å². The van der Waals surface area contributed by atoms with Gasteiger partial charge >= 0.3 is 12.0 Å². The smallest absolute Gasteiger partial charge is 0.317 e. The summed E-state index contributed by atoms with van der Waals surface area (Å²) in [5, 5.41) is 12.4. The predicted octanol–water partition coefficient (Wildman–Crippen LogP) is 1.31. The van der Waals surface area contributed by atoms with Crippen LogP contribution in [0.1, 0.15) is 33.1 Å². The van der Waals surface area contributed by atoms with Gasteiger partial charge in [0.2, 0.25) is 0 Å². The fourth-order valence-corrected chi connectivity index (χ4v) is 3.40. The summed E-state index contributed by atoms with van der Waals surface area (Å²) in [4.78, 5) is 25.5. The lowest BCUT2D eigenvalue weighted by atomic mass is 9.81. The SMILES string of the molecule is COC(C)[C@@H](C)NC(=O)N1C[C@@H]2CCC[C@@]2(C(=O)O)C1. The van der Waals surface area contributed by atoms with Gasteiger partial charge in [-0.25, -0.2) is 4.79 Å². The highest BCUT2D eigenvalue weighted by molar-refractivity contribution is 5.80. The Bertz CT molecular complexity index is 401. The highest BCUT2D eigenvalue weighted by atomic mass is 16.5. The van der Waals surface area contributed by atoms with Crippen molar-refractivity contribution in [2.24, 2.45) is 11.3 Å². The van der Waals surface area contributed by atoms with Crippen LogP contribution in [0.25, 0.3) is 0 Å². The largest absolute Gasteiger partial charge is 0.481 e. The molecule has 0 radical (unpaired) electrons. The number of aliphatic carboxylic acids is 1. The van der Waals surface area contributed by atoms with E-state index in [4.69, 9.17) is 4.74 Å². The van der Waals surface area contributed by atoms with Crippen molar-refractivity contribution in [3.8, 4) is 0 Å². The van der Waals surface area contributed by atoms with Crippen molar-refractivity contribution < 1.29 is 19.4 Å². The second kappa shape index (κ2) is 5.60. The zero-order valence-corrected chi connectivity index (χ0v) is 12.4. The van der Waals surface area contributed by atoms with Crippen molar-refractivity contribution in [3.63, 3.8) is 0 Å². The molecule has 1 aliphatic heterocycles. The van der Waals surface area contributed by atoms with Crippen LogP contribution in [0.5, 0.6) is 0 Å². The number of urea groups is 1. The van der Waals surface area contributed by atoms with Crippen molar-refractivity contribution in [2.75, 3.05) is 20.2 Å². The molecule has 20 heavy (non-hydrogen) atoms. The van der Waals surface area contributed by atoms with Gasteiger partial charge in [0.1, 0.15) is 0 Å². The van der Waals surface area contributed by atoms with Crippen LogP contribution in [0.2, 0.25) is 0 Å². The number of likely N-dealkylation sites (tertiary alicyclic amines) is 1. The fraction of sp³-hybridized carbons (Fsp3) is 0.857. The molecule has 6 nitrogen and oxygen atoms in total. The number of nitrogens with one attached hydrogen (secondary N) is 1. The molecule has 114 valence electrons. The van der Waals surface area contributed by atoms with Crippen LogP contribution in [-0.4, -0.2) is 54.4 Å². The van der Waals surface area contributed by atoms with Gasteiger partial charge in [0.25, 0.3) is 0 Å². The van der Waals surface area contributed by atoms with E-state index in [9.17, 15) is 14.7 Å². The van der Waals surface area contributed by atoms with Crippen LogP contribution in [0.4, 0.5) is 4.79 Å². The number of amides is 2. The lowest BCUT2D eigenvalue weighted by Crippen LogP contribution is -2.48. The second-order valence-corrected chi connectivity index (χ2v) is 6.11. The maximum absolute atomic E-state index is 12.2. The molecule has 2 fully saturated rings. The summed E-state index contributed by atoms with van der Waals surface area (Å²) in [6, 6.07) is -0.287. The normalized spacial score (nSPS) is 31.8. The van der Waals surface area contributed by atoms with Gasteiger partial charge in [0.15, 0.2) is 0 Å². The van der Waals surface area contributed by atoms with Crippen LogP contribution >= 0.6 is 0 Å². The number of hydrogen-bond acceptors (Lipinski definition) is 3. The summed E-state index contributed by atoms with van der Waals surface area (Å²) in [6.45, 7) is 4.65. The Kier molecular flexibility index (Phi) is 4.22. The van der Waals surface area contributed by atoms with Crippen LogP contribution in [0.3, 0.4) is 0 Å². The lowest BCUT2D eigenvalue weighted by molar-refractivity contribution is -0.149. The Labute approximate surface area is 119 Å². The maximum atomic E-state index is 12.2. The van der Waals surface area contributed by atoms with E-state index in [1.165, 1.54) is 0 Å². The minimum absolute atomic E-state index is 0.0745. The molecule has 0 aromatic carbocycles. The van der Waals surface area contributed by atoms with Crippen LogP contribution in [-0.2, 0) is 9.53 Å². The molecular formula is C14H24N2O4. The number of carboxylic acids is 1. The van der Waals surface area contributed by atoms with E-state index in [0.717, 1.165) is 12.8 Å². The fourth-order valence-electron chi connectivity index (χ4n) is 3.40. The average molecular weight is 284 g/mol. The number of carboxylic acid groups (broad SMARTS) is 1. The summed E-state index contributed by atoms with van der Waals surface area (Å²) in [6.07, 6.45) is 2.46. The lowest BCUT2D eigenvalue weighted by Gasteiger charge is -2.26. The van der Waals surface area contributed by atoms with Gasteiger partial charge in [-0.15, -0.1) is 0 Å². The first-order valence-corrected chi connectivity index (χ1v) is 7.22. The zero-order chi connectivity index (χ0) is 14.9. The van der Waals surface area contributed by atoms with Crippen molar-refractivity contribution in [1.82, 2.24) is 10.2 Å². The summed E-state index contributed by atoms with van der Waals surface area (Å²) < 4.78 is 5.18. The third kappa shape index (κ3) is 2.49. The van der Waals surface area contributed by atoms with Crippen LogP contribution in [0.15, 0.2) is 0 Å². The highest BCUT2D eigenvalue weighted by Crippen LogP contribution is 2.48. The number of hydrogen-bond donors (Lipinski definition) is 2. The molecule has 1 unspecified atom stereocenters. The Morgan fingerprint density at radius 1 is 1.45 bits per heavy atom. The minimum atomic E-state index is -0.756. The Balaban J connectivity index is 1.99. The second-order valence-electron chi connectivity index (χ2n) is 6.11. The van der Waals surface area contributed by atoms with Gasteiger partial charge in [-0.2, -0.15) is 0 Å². The number of methoxy groups -OCH3 is 1. The maximum Gasteiger partial charge on any atom is 0.317 e. The van der Waals surface area contributed by atoms with Gasteiger partial charge < -0.3 is 20.1 Å². The first kappa shape index (κ1) is 15.1. The molecule has 0 aromatic heterocycles. The van der Waals surface area contributed by atoms with Crippen molar-refractivity contribution in [1.29, 1.82) is 0 Å². The van der Waals surface area contributed by atoms with Crippen molar-refractivity contribution >= 4 is 12.0 Å². The molecule has 1 heterocycles. The number of fused-ring (bicyclic) bond motifs is 1. The molecule has 0 bridgehead atoms. The van der Waals surface area contributed by atoms with Gasteiger partial charge in [-0.1, -0.05) is 6.42 Å². The summed E-state index contributed by atoms with van der Waals surface area (Å²) in [7, 11) is 1.60. The molecule has 1 saturated heterocycles. The predicted molar refractivity (Wildman–Crippen MR) is 73.4 cm³/mol. The van der Waals surface area contributed by atoms with Gasteiger partial charge in [0, 0.05) is 20.2 Å². The van der Waals surface area contributed by atoms with E-state index in [1.54, 1.807) is 12.0 Å². The number of carbonyl (C=O) groups excluding carboxylic acids is 1. The summed E-state index contributed by atoms with van der Waals surface area (Å²) >= 11 is 0. The first-order chi connectivity index (χ1) is 9.40. The molecule has 2 N–H and O–H groups in total. The topological polar surface area (TPSA) is 78.9 Å². The first-order valence-electron chi connectivity index (χ1n) is 7.22. The van der Waals surface area contributed by atoms with Gasteiger partial charge in [-0.05, 0) is 32.6 Å². The minimum Gasteiger partial charge on any atom is -0.481 e. The molecule has 6 heteroatoms.